The minimum Gasteiger partial charge on any atom is -0.249 e. The van der Waals surface area contributed by atoms with Crippen molar-refractivity contribution < 1.29 is 8.42 Å². The number of aryl methyl sites for hydroxylation is 2. The third-order valence-electron chi connectivity index (χ3n) is 6.31. The predicted molar refractivity (Wildman–Crippen MR) is 153 cm³/mol. The maximum atomic E-state index is 13.8. The minimum atomic E-state index is -1.45. The second kappa shape index (κ2) is 11.7. The summed E-state index contributed by atoms with van der Waals surface area (Å²) in [6, 6.07) is 33.6. The van der Waals surface area contributed by atoms with Gasteiger partial charge < -0.3 is 0 Å². The van der Waals surface area contributed by atoms with Crippen LogP contribution in [-0.4, -0.2) is 14.7 Å². The monoisotopic (exact) mass is 533 g/mol. The maximum absolute atomic E-state index is 13.8. The van der Waals surface area contributed by atoms with E-state index in [1.54, 1.807) is 11.8 Å². The summed E-state index contributed by atoms with van der Waals surface area (Å²) in [6.07, 6.45) is 2.05. The molecule has 0 spiro atoms. The van der Waals surface area contributed by atoms with E-state index in [4.69, 9.17) is 0 Å². The lowest BCUT2D eigenvalue weighted by atomic mass is 9.86. The van der Waals surface area contributed by atoms with E-state index in [0.717, 1.165) is 36.9 Å². The topological polar surface area (TPSA) is 46.2 Å². The standard InChI is InChI=1S/C30H31NO2S3/c1-22-14-18-25(19-15-22)35(32)28-13-9-8-12-27(28)29(34-4)30(3,24-10-6-5-7-11-24)31-36(33)26-20-16-23(2)17-21-26/h5-21,29,31H,1-4H3/t29-,30+,35?,36?/m0/s1. The molecular formula is C30H31NO2S3. The van der Waals surface area contributed by atoms with Gasteiger partial charge in [0.1, 0.15) is 11.0 Å². The van der Waals surface area contributed by atoms with Crippen molar-refractivity contribution in [3.8, 4) is 0 Å². The van der Waals surface area contributed by atoms with Crippen LogP contribution in [0, 0.1) is 13.8 Å². The Morgan fingerprint density at radius 1 is 0.722 bits per heavy atom. The normalized spacial score (nSPS) is 15.6. The van der Waals surface area contributed by atoms with Crippen LogP contribution in [0.3, 0.4) is 0 Å². The van der Waals surface area contributed by atoms with Crippen molar-refractivity contribution in [1.82, 2.24) is 4.72 Å². The molecule has 1 N–H and O–H groups in total. The summed E-state index contributed by atoms with van der Waals surface area (Å²) in [4.78, 5) is 2.26. The lowest BCUT2D eigenvalue weighted by molar-refractivity contribution is 0.431. The van der Waals surface area contributed by atoms with E-state index in [1.807, 2.05) is 111 Å². The Kier molecular flexibility index (Phi) is 8.62. The smallest absolute Gasteiger partial charge is 0.125 e. The number of thioether (sulfide) groups is 1. The fourth-order valence-electron chi connectivity index (χ4n) is 4.29. The van der Waals surface area contributed by atoms with Gasteiger partial charge in [0.15, 0.2) is 0 Å². The van der Waals surface area contributed by atoms with Crippen LogP contribution < -0.4 is 4.72 Å². The van der Waals surface area contributed by atoms with E-state index in [-0.39, 0.29) is 5.25 Å². The van der Waals surface area contributed by atoms with Gasteiger partial charge in [-0.1, -0.05) is 83.9 Å². The Hall–Kier alpha value is -2.51. The first kappa shape index (κ1) is 26.6. The second-order valence-electron chi connectivity index (χ2n) is 8.99. The van der Waals surface area contributed by atoms with E-state index in [9.17, 15) is 8.42 Å². The number of hydrogen-bond acceptors (Lipinski definition) is 3. The van der Waals surface area contributed by atoms with Gasteiger partial charge in [0.05, 0.1) is 26.5 Å². The third kappa shape index (κ3) is 5.73. The Bertz CT molecular complexity index is 1360. The van der Waals surface area contributed by atoms with Crippen LogP contribution in [0.5, 0.6) is 0 Å². The molecule has 6 heteroatoms. The summed E-state index contributed by atoms with van der Waals surface area (Å²) in [7, 11) is -2.80. The van der Waals surface area contributed by atoms with Crippen molar-refractivity contribution in [2.45, 2.75) is 46.2 Å². The van der Waals surface area contributed by atoms with Crippen molar-refractivity contribution >= 4 is 33.5 Å². The van der Waals surface area contributed by atoms with Crippen LogP contribution in [0.25, 0.3) is 0 Å². The molecule has 36 heavy (non-hydrogen) atoms. The molecule has 0 aliphatic heterocycles. The molecule has 0 saturated heterocycles. The quantitative estimate of drug-likeness (QED) is 0.250. The lowest BCUT2D eigenvalue weighted by Gasteiger charge is -2.39. The molecule has 0 saturated carbocycles. The number of nitrogens with one attached hydrogen (secondary N) is 1. The van der Waals surface area contributed by atoms with Gasteiger partial charge in [-0.2, -0.15) is 11.8 Å². The SMILES string of the molecule is CS[C@@H](c1ccccc1S(=O)c1ccc(C)cc1)[C@](C)(NS(=O)c1ccc(C)cc1)c1ccccc1. The van der Waals surface area contributed by atoms with E-state index >= 15 is 0 Å². The molecule has 186 valence electrons. The van der Waals surface area contributed by atoms with Crippen LogP contribution in [0.4, 0.5) is 0 Å². The average Bonchev–Trinajstić information content (AvgIpc) is 2.90. The van der Waals surface area contributed by atoms with Crippen LogP contribution in [-0.2, 0) is 27.3 Å². The highest BCUT2D eigenvalue weighted by Gasteiger charge is 2.40. The Morgan fingerprint density at radius 2 is 1.25 bits per heavy atom. The fourth-order valence-corrected chi connectivity index (χ4v) is 7.93. The minimum absolute atomic E-state index is 0.167. The molecule has 0 fully saturated rings. The molecular weight excluding hydrogens is 503 g/mol. The summed E-state index contributed by atoms with van der Waals surface area (Å²) in [6.45, 7) is 6.12. The molecule has 0 radical (unpaired) electrons. The van der Waals surface area contributed by atoms with Gasteiger partial charge in [-0.3, -0.25) is 0 Å². The van der Waals surface area contributed by atoms with E-state index < -0.39 is 27.3 Å². The van der Waals surface area contributed by atoms with Crippen molar-refractivity contribution in [2.75, 3.05) is 6.26 Å². The van der Waals surface area contributed by atoms with Crippen LogP contribution >= 0.6 is 11.8 Å². The molecule has 2 unspecified atom stereocenters. The predicted octanol–water partition coefficient (Wildman–Crippen LogP) is 7.10. The highest BCUT2D eigenvalue weighted by Crippen LogP contribution is 2.46. The lowest BCUT2D eigenvalue weighted by Crippen LogP contribution is -2.45. The van der Waals surface area contributed by atoms with E-state index in [2.05, 4.69) is 23.8 Å². The molecule has 4 aromatic rings. The molecule has 4 rings (SSSR count). The molecule has 0 amide bonds. The van der Waals surface area contributed by atoms with Crippen LogP contribution in [0.1, 0.15) is 34.4 Å². The Balaban J connectivity index is 1.80. The highest BCUT2D eigenvalue weighted by molar-refractivity contribution is 7.99. The van der Waals surface area contributed by atoms with Crippen molar-refractivity contribution in [1.29, 1.82) is 0 Å². The van der Waals surface area contributed by atoms with Gasteiger partial charge in [-0.05, 0) is 68.5 Å². The van der Waals surface area contributed by atoms with Crippen LogP contribution in [0.2, 0.25) is 0 Å². The summed E-state index contributed by atoms with van der Waals surface area (Å²) in [5.41, 5.74) is 3.51. The van der Waals surface area contributed by atoms with Gasteiger partial charge in [0.25, 0.3) is 0 Å². The first-order valence-corrected chi connectivity index (χ1v) is 15.3. The molecule has 4 atom stereocenters. The van der Waals surface area contributed by atoms with Gasteiger partial charge in [-0.25, -0.2) is 13.1 Å². The maximum Gasteiger partial charge on any atom is 0.125 e. The number of benzene rings is 4. The van der Waals surface area contributed by atoms with Crippen molar-refractivity contribution in [3.05, 3.63) is 125 Å². The zero-order chi connectivity index (χ0) is 25.7. The second-order valence-corrected chi connectivity index (χ2v) is 12.6. The number of hydrogen-bond donors (Lipinski definition) is 1. The Morgan fingerprint density at radius 3 is 1.83 bits per heavy atom. The molecule has 0 aliphatic carbocycles. The third-order valence-corrected chi connectivity index (χ3v) is 10.3. The zero-order valence-electron chi connectivity index (χ0n) is 20.9. The van der Waals surface area contributed by atoms with Crippen LogP contribution in [0.15, 0.2) is 118 Å². The summed E-state index contributed by atoms with van der Waals surface area (Å²) < 4.78 is 30.8. The fraction of sp³-hybridized carbons (Fsp3) is 0.200. The van der Waals surface area contributed by atoms with E-state index in [0.29, 0.717) is 0 Å². The molecule has 0 bridgehead atoms. The largest absolute Gasteiger partial charge is 0.249 e. The number of rotatable bonds is 9. The molecule has 3 nitrogen and oxygen atoms in total. The Labute approximate surface area is 223 Å². The van der Waals surface area contributed by atoms with Crippen molar-refractivity contribution in [3.63, 3.8) is 0 Å². The molecule has 0 aromatic heterocycles. The summed E-state index contributed by atoms with van der Waals surface area (Å²) in [5, 5.41) is -0.167. The van der Waals surface area contributed by atoms with Gasteiger partial charge in [0.2, 0.25) is 0 Å². The average molecular weight is 534 g/mol. The summed E-state index contributed by atoms with van der Waals surface area (Å²) in [5.74, 6) is 0. The first-order chi connectivity index (χ1) is 17.3. The van der Waals surface area contributed by atoms with Gasteiger partial charge in [-0.15, -0.1) is 0 Å². The highest BCUT2D eigenvalue weighted by atomic mass is 32.2. The zero-order valence-corrected chi connectivity index (χ0v) is 23.4. The molecule has 0 aliphatic rings. The first-order valence-electron chi connectivity index (χ1n) is 11.8. The van der Waals surface area contributed by atoms with E-state index in [1.165, 1.54) is 0 Å². The van der Waals surface area contributed by atoms with Gasteiger partial charge in [0, 0.05) is 9.79 Å². The molecule has 4 aromatic carbocycles. The summed E-state index contributed by atoms with van der Waals surface area (Å²) >= 11 is 1.66. The van der Waals surface area contributed by atoms with Gasteiger partial charge >= 0.3 is 0 Å². The molecule has 0 heterocycles. The van der Waals surface area contributed by atoms with Crippen molar-refractivity contribution in [2.24, 2.45) is 0 Å².